The van der Waals surface area contributed by atoms with E-state index in [2.05, 4.69) is 10.6 Å². The molecule has 0 aromatic carbocycles. The Morgan fingerprint density at radius 1 is 0.600 bits per heavy atom. The van der Waals surface area contributed by atoms with Gasteiger partial charge in [-0.2, -0.15) is 0 Å². The monoisotopic (exact) mass is 586 g/mol. The van der Waals surface area contributed by atoms with Gasteiger partial charge in [0.25, 0.3) is 0 Å². The molecular formula is C22H38N2O16. The minimum absolute atomic E-state index is 0.658. The predicted molar refractivity (Wildman–Crippen MR) is 124 cm³/mol. The maximum absolute atomic E-state index is 11.8. The highest BCUT2D eigenvalue weighted by atomic mass is 16.7. The van der Waals surface area contributed by atoms with E-state index in [1.54, 1.807) is 0 Å². The largest absolute Gasteiger partial charge is 0.394 e. The van der Waals surface area contributed by atoms with E-state index in [-0.39, 0.29) is 0 Å². The van der Waals surface area contributed by atoms with Gasteiger partial charge < -0.3 is 80.3 Å². The molecule has 0 aromatic heterocycles. The smallest absolute Gasteiger partial charge is 0.217 e. The van der Waals surface area contributed by atoms with E-state index in [1.807, 2.05) is 0 Å². The average molecular weight is 587 g/mol. The maximum Gasteiger partial charge on any atom is 0.217 e. The fraction of sp³-hybridized carbons (Fsp3) is 0.909. The third-order valence-electron chi connectivity index (χ3n) is 6.90. The SMILES string of the molecule is CC(=O)N[C@H]1[C@H](O[C@@H]2[C@H](O[C@@H]3O[C@H](CO)[C@@H](O)[C@H](O)[C@H]3NC(C)=O)[C@@H](O)C(O)O[C@@H]2CO)O[C@H](CO)[C@@H](O)[C@@H]1O. The zero-order valence-electron chi connectivity index (χ0n) is 21.7. The summed E-state index contributed by atoms with van der Waals surface area (Å²) in [6, 6.07) is -2.89. The summed E-state index contributed by atoms with van der Waals surface area (Å²) in [4.78, 5) is 23.6. The fourth-order valence-corrected chi connectivity index (χ4v) is 4.86. The third kappa shape index (κ3) is 7.05. The molecule has 0 spiro atoms. The fourth-order valence-electron chi connectivity index (χ4n) is 4.86. The van der Waals surface area contributed by atoms with Gasteiger partial charge >= 0.3 is 0 Å². The second-order valence-electron chi connectivity index (χ2n) is 9.81. The first-order valence-corrected chi connectivity index (χ1v) is 12.6. The van der Waals surface area contributed by atoms with Gasteiger partial charge in [0.15, 0.2) is 18.9 Å². The number of rotatable bonds is 9. The molecular weight excluding hydrogens is 548 g/mol. The second-order valence-corrected chi connectivity index (χ2v) is 9.81. The molecule has 232 valence electrons. The summed E-state index contributed by atoms with van der Waals surface area (Å²) in [5.41, 5.74) is 0. The Bertz CT molecular complexity index is 802. The molecule has 2 amide bonds. The molecule has 1 unspecified atom stereocenters. The Balaban J connectivity index is 1.95. The zero-order chi connectivity index (χ0) is 29.9. The van der Waals surface area contributed by atoms with Gasteiger partial charge in [-0.1, -0.05) is 0 Å². The van der Waals surface area contributed by atoms with E-state index >= 15 is 0 Å². The number of carbonyl (C=O) groups excluding carboxylic acids is 2. The van der Waals surface area contributed by atoms with Crippen LogP contribution in [0.5, 0.6) is 0 Å². The Kier molecular flexibility index (Phi) is 11.5. The van der Waals surface area contributed by atoms with Gasteiger partial charge in [0, 0.05) is 13.8 Å². The highest BCUT2D eigenvalue weighted by Gasteiger charge is 2.54. The van der Waals surface area contributed by atoms with E-state index in [0.717, 1.165) is 13.8 Å². The summed E-state index contributed by atoms with van der Waals surface area (Å²) < 4.78 is 28.0. The van der Waals surface area contributed by atoms with Crippen LogP contribution in [-0.2, 0) is 33.3 Å². The lowest BCUT2D eigenvalue weighted by Gasteiger charge is -2.49. The molecule has 3 aliphatic rings. The van der Waals surface area contributed by atoms with Crippen molar-refractivity contribution >= 4 is 11.8 Å². The molecule has 3 aliphatic heterocycles. The van der Waals surface area contributed by atoms with Crippen LogP contribution in [0, 0.1) is 0 Å². The van der Waals surface area contributed by atoms with Crippen molar-refractivity contribution in [3.8, 4) is 0 Å². The van der Waals surface area contributed by atoms with E-state index in [1.165, 1.54) is 0 Å². The van der Waals surface area contributed by atoms with Gasteiger partial charge in [0.2, 0.25) is 11.8 Å². The van der Waals surface area contributed by atoms with Gasteiger partial charge in [-0.25, -0.2) is 0 Å². The Morgan fingerprint density at radius 3 is 1.38 bits per heavy atom. The molecule has 0 bridgehead atoms. The van der Waals surface area contributed by atoms with Crippen molar-refractivity contribution in [3.63, 3.8) is 0 Å². The molecule has 3 rings (SSSR count). The third-order valence-corrected chi connectivity index (χ3v) is 6.90. The van der Waals surface area contributed by atoms with Crippen LogP contribution in [0.15, 0.2) is 0 Å². The summed E-state index contributed by atoms with van der Waals surface area (Å²) in [6.45, 7) is -0.162. The minimum atomic E-state index is -1.95. The van der Waals surface area contributed by atoms with E-state index in [4.69, 9.17) is 23.7 Å². The molecule has 0 saturated carbocycles. The van der Waals surface area contributed by atoms with Crippen molar-refractivity contribution in [1.82, 2.24) is 10.6 Å². The van der Waals surface area contributed by atoms with Crippen LogP contribution in [0.1, 0.15) is 13.8 Å². The first-order chi connectivity index (χ1) is 18.8. The normalized spacial score (nSPS) is 46.0. The van der Waals surface area contributed by atoms with Crippen LogP contribution >= 0.6 is 0 Å². The average Bonchev–Trinajstić information content (AvgIpc) is 2.90. The number of hydrogen-bond acceptors (Lipinski definition) is 16. The topological polar surface area (TPSA) is 286 Å². The zero-order valence-corrected chi connectivity index (χ0v) is 21.7. The van der Waals surface area contributed by atoms with E-state index in [9.17, 15) is 55.5 Å². The summed E-state index contributed by atoms with van der Waals surface area (Å²) in [5, 5.41) is 96.6. The van der Waals surface area contributed by atoms with Crippen LogP contribution in [0.2, 0.25) is 0 Å². The first kappa shape index (κ1) is 32.9. The molecule has 0 aliphatic carbocycles. The lowest BCUT2D eigenvalue weighted by atomic mass is 9.94. The molecule has 18 nitrogen and oxygen atoms in total. The van der Waals surface area contributed by atoms with Crippen molar-refractivity contribution < 1.29 is 79.2 Å². The van der Waals surface area contributed by atoms with Crippen molar-refractivity contribution in [1.29, 1.82) is 0 Å². The van der Waals surface area contributed by atoms with Crippen LogP contribution in [-0.4, -0.2) is 170 Å². The molecule has 15 atom stereocenters. The number of ether oxygens (including phenoxy) is 5. The molecule has 40 heavy (non-hydrogen) atoms. The Labute approximate surface area is 228 Å². The van der Waals surface area contributed by atoms with Crippen LogP contribution < -0.4 is 10.6 Å². The number of nitrogens with one attached hydrogen (secondary N) is 2. The summed E-state index contributed by atoms with van der Waals surface area (Å²) >= 11 is 0. The van der Waals surface area contributed by atoms with Gasteiger partial charge in [0.05, 0.1) is 19.8 Å². The van der Waals surface area contributed by atoms with Crippen LogP contribution in [0.4, 0.5) is 0 Å². The molecule has 18 heteroatoms. The van der Waals surface area contributed by atoms with Crippen LogP contribution in [0.3, 0.4) is 0 Å². The highest BCUT2D eigenvalue weighted by molar-refractivity contribution is 5.73. The minimum Gasteiger partial charge on any atom is -0.394 e. The Morgan fingerprint density at radius 2 is 1.00 bits per heavy atom. The van der Waals surface area contributed by atoms with Crippen LogP contribution in [0.25, 0.3) is 0 Å². The highest BCUT2D eigenvalue weighted by Crippen LogP contribution is 2.33. The number of carbonyl (C=O) groups is 2. The second kappa shape index (κ2) is 14.0. The van der Waals surface area contributed by atoms with E-state index < -0.39 is 124 Å². The number of hydrogen-bond donors (Lipinski definition) is 11. The number of aliphatic hydroxyl groups is 9. The van der Waals surface area contributed by atoms with Crippen molar-refractivity contribution in [2.45, 2.75) is 106 Å². The lowest BCUT2D eigenvalue weighted by Crippen LogP contribution is -2.69. The number of aliphatic hydroxyl groups excluding tert-OH is 9. The Hall–Kier alpha value is -1.62. The predicted octanol–water partition coefficient (Wildman–Crippen LogP) is -7.29. The van der Waals surface area contributed by atoms with E-state index in [0.29, 0.717) is 0 Å². The quantitative estimate of drug-likeness (QED) is 0.120. The number of amides is 2. The summed E-state index contributed by atoms with van der Waals surface area (Å²) in [5.74, 6) is -1.32. The lowest BCUT2D eigenvalue weighted by molar-refractivity contribution is -0.369. The van der Waals surface area contributed by atoms with Crippen molar-refractivity contribution in [3.05, 3.63) is 0 Å². The molecule has 3 fully saturated rings. The molecule has 3 saturated heterocycles. The first-order valence-electron chi connectivity index (χ1n) is 12.6. The summed E-state index contributed by atoms with van der Waals surface area (Å²) in [6.07, 6.45) is -21.5. The van der Waals surface area contributed by atoms with Gasteiger partial charge in [-0.15, -0.1) is 0 Å². The van der Waals surface area contributed by atoms with Crippen molar-refractivity contribution in [2.24, 2.45) is 0 Å². The molecule has 0 aromatic rings. The molecule has 0 radical (unpaired) electrons. The maximum atomic E-state index is 11.8. The van der Waals surface area contributed by atoms with Gasteiger partial charge in [0.1, 0.15) is 73.1 Å². The molecule has 3 heterocycles. The van der Waals surface area contributed by atoms with Gasteiger partial charge in [-0.3, -0.25) is 9.59 Å². The van der Waals surface area contributed by atoms with Gasteiger partial charge in [-0.05, 0) is 0 Å². The standard InChI is InChI=1S/C22H38N2O16/c1-6(28)23-11-15(32)13(30)8(3-25)37-21(11)39-18-10(5-27)36-20(35)17(34)19(18)40-22-12(24-7(2)29)16(33)14(31)9(4-26)38-22/h8-22,25-27,30-35H,3-5H2,1-2H3,(H,23,28)(H,24,29)/t8-,9-,10-,11-,12-,13-,14-,15-,16-,17-,18+,19-,20?,21+,22+/m1/s1. The summed E-state index contributed by atoms with van der Waals surface area (Å²) in [7, 11) is 0. The van der Waals surface area contributed by atoms with Crippen molar-refractivity contribution in [2.75, 3.05) is 19.8 Å². The molecule has 11 N–H and O–H groups in total.